The molecule has 0 aliphatic rings. The number of ether oxygens (including phenoxy) is 3. The van der Waals surface area contributed by atoms with E-state index in [9.17, 15) is 4.79 Å². The van der Waals surface area contributed by atoms with Crippen LogP contribution in [-0.4, -0.2) is 33.1 Å². The molecule has 4 aromatic carbocycles. The van der Waals surface area contributed by atoms with Gasteiger partial charge in [-0.1, -0.05) is 48.5 Å². The Bertz CT molecular complexity index is 1340. The topological polar surface area (TPSA) is 69.2 Å². The lowest BCUT2D eigenvalue weighted by Gasteiger charge is -2.14. The van der Waals surface area contributed by atoms with Crippen molar-refractivity contribution < 1.29 is 19.0 Å². The summed E-state index contributed by atoms with van der Waals surface area (Å²) in [5.41, 5.74) is 4.51. The maximum absolute atomic E-state index is 12.6. The van der Waals surface area contributed by atoms with E-state index in [4.69, 9.17) is 14.2 Å². The van der Waals surface area contributed by atoms with Gasteiger partial charge in [0.1, 0.15) is 17.2 Å². The molecular weight excluding hydrogens is 440 g/mol. The molecule has 4 aromatic rings. The van der Waals surface area contributed by atoms with Crippen LogP contribution in [0, 0.1) is 0 Å². The summed E-state index contributed by atoms with van der Waals surface area (Å²) >= 11 is 0. The number of hydrogen-bond donors (Lipinski definition) is 1. The largest absolute Gasteiger partial charge is 0.495 e. The summed E-state index contributed by atoms with van der Waals surface area (Å²) in [7, 11) is 4.78. The normalized spacial score (nSPS) is 11.0. The zero-order valence-electron chi connectivity index (χ0n) is 19.8. The number of amides is 1. The first kappa shape index (κ1) is 23.6. The molecule has 0 aromatic heterocycles. The Morgan fingerprint density at radius 1 is 0.686 bits per heavy atom. The predicted molar refractivity (Wildman–Crippen MR) is 139 cm³/mol. The van der Waals surface area contributed by atoms with Crippen LogP contribution in [-0.2, 0) is 4.74 Å². The molecule has 0 aliphatic heterocycles. The van der Waals surface area contributed by atoms with Crippen LogP contribution in [0.2, 0.25) is 0 Å². The third-order valence-electron chi connectivity index (χ3n) is 5.43. The van der Waals surface area contributed by atoms with Gasteiger partial charge in [0, 0.05) is 11.1 Å². The van der Waals surface area contributed by atoms with Crippen molar-refractivity contribution in [2.24, 2.45) is 4.99 Å². The third-order valence-corrected chi connectivity index (χ3v) is 5.43. The summed E-state index contributed by atoms with van der Waals surface area (Å²) in [6, 6.07) is 30.1. The Morgan fingerprint density at radius 3 is 1.86 bits per heavy atom. The average molecular weight is 467 g/mol. The van der Waals surface area contributed by atoms with Gasteiger partial charge in [-0.05, 0) is 59.7 Å². The second kappa shape index (κ2) is 11.0. The van der Waals surface area contributed by atoms with Crippen molar-refractivity contribution in [2.75, 3.05) is 26.6 Å². The highest BCUT2D eigenvalue weighted by Gasteiger charge is 2.13. The lowest BCUT2D eigenvalue weighted by atomic mass is 10.0. The number of rotatable bonds is 7. The van der Waals surface area contributed by atoms with Crippen molar-refractivity contribution in [1.29, 1.82) is 0 Å². The first-order valence-corrected chi connectivity index (χ1v) is 11.0. The van der Waals surface area contributed by atoms with Crippen LogP contribution in [0.3, 0.4) is 0 Å². The molecule has 0 fully saturated rings. The molecule has 0 aliphatic carbocycles. The van der Waals surface area contributed by atoms with E-state index in [0.717, 1.165) is 16.7 Å². The lowest BCUT2D eigenvalue weighted by Crippen LogP contribution is -2.12. The fourth-order valence-corrected chi connectivity index (χ4v) is 3.63. The molecule has 0 heterocycles. The first-order chi connectivity index (χ1) is 17.1. The van der Waals surface area contributed by atoms with Gasteiger partial charge < -0.3 is 19.5 Å². The summed E-state index contributed by atoms with van der Waals surface area (Å²) in [4.78, 5) is 17.2. The molecule has 4 rings (SSSR count). The fourth-order valence-electron chi connectivity index (χ4n) is 3.63. The minimum Gasteiger partial charge on any atom is -0.495 e. The number of methoxy groups -OCH3 is 3. The monoisotopic (exact) mass is 466 g/mol. The molecule has 0 saturated carbocycles. The Balaban J connectivity index is 1.62. The summed E-state index contributed by atoms with van der Waals surface area (Å²) in [6.45, 7) is 0. The van der Waals surface area contributed by atoms with Crippen LogP contribution in [0.1, 0.15) is 15.9 Å². The molecule has 0 radical (unpaired) electrons. The summed E-state index contributed by atoms with van der Waals surface area (Å²) < 4.78 is 16.7. The number of nitrogens with zero attached hydrogens (tertiary/aromatic N) is 1. The van der Waals surface area contributed by atoms with Gasteiger partial charge in [0.25, 0.3) is 5.91 Å². The Hall–Kier alpha value is -4.58. The van der Waals surface area contributed by atoms with Crippen molar-refractivity contribution in [1.82, 2.24) is 0 Å². The van der Waals surface area contributed by atoms with Crippen molar-refractivity contribution in [2.45, 2.75) is 0 Å². The van der Waals surface area contributed by atoms with E-state index < -0.39 is 0 Å². The van der Waals surface area contributed by atoms with E-state index >= 15 is 0 Å². The highest BCUT2D eigenvalue weighted by atomic mass is 16.5. The molecule has 35 heavy (non-hydrogen) atoms. The van der Waals surface area contributed by atoms with Gasteiger partial charge in [0.2, 0.25) is 5.90 Å². The zero-order valence-corrected chi connectivity index (χ0v) is 19.8. The van der Waals surface area contributed by atoms with Gasteiger partial charge in [-0.2, -0.15) is 0 Å². The summed E-state index contributed by atoms with van der Waals surface area (Å²) in [5, 5.41) is 2.91. The average Bonchev–Trinajstić information content (AvgIpc) is 2.92. The minimum atomic E-state index is -0.201. The van der Waals surface area contributed by atoms with Crippen molar-refractivity contribution in [3.05, 3.63) is 108 Å². The quantitative estimate of drug-likeness (QED) is 0.255. The number of aliphatic imine (C=N–C) groups is 1. The zero-order chi connectivity index (χ0) is 24.6. The van der Waals surface area contributed by atoms with E-state index in [0.29, 0.717) is 34.3 Å². The van der Waals surface area contributed by atoms with E-state index in [-0.39, 0.29) is 5.91 Å². The van der Waals surface area contributed by atoms with E-state index in [1.54, 1.807) is 33.5 Å². The number of benzene rings is 4. The number of carbonyl (C=O) groups is 1. The Morgan fingerprint density at radius 2 is 1.26 bits per heavy atom. The van der Waals surface area contributed by atoms with Crippen LogP contribution in [0.15, 0.2) is 102 Å². The fraction of sp³-hybridized carbons (Fsp3) is 0.103. The highest BCUT2D eigenvalue weighted by Crippen LogP contribution is 2.36. The number of anilines is 1. The van der Waals surface area contributed by atoms with Gasteiger partial charge in [0.15, 0.2) is 0 Å². The molecular formula is C29H26N2O4. The molecule has 176 valence electrons. The molecule has 0 saturated heterocycles. The van der Waals surface area contributed by atoms with E-state index in [2.05, 4.69) is 10.3 Å². The van der Waals surface area contributed by atoms with E-state index in [1.165, 1.54) is 0 Å². The van der Waals surface area contributed by atoms with Crippen LogP contribution in [0.4, 0.5) is 11.4 Å². The number of hydrogen-bond acceptors (Lipinski definition) is 5. The SMILES string of the molecule is COC(=Nc1ccc(-c2ccc(NC(=O)c3ccccc3)c(OC)c2)cc1OC)c1ccccc1. The van der Waals surface area contributed by atoms with Gasteiger partial charge >= 0.3 is 0 Å². The van der Waals surface area contributed by atoms with Crippen molar-refractivity contribution in [3.63, 3.8) is 0 Å². The van der Waals surface area contributed by atoms with Gasteiger partial charge in [-0.25, -0.2) is 4.99 Å². The lowest BCUT2D eigenvalue weighted by molar-refractivity contribution is 0.102. The summed E-state index contributed by atoms with van der Waals surface area (Å²) in [6.07, 6.45) is 0. The van der Waals surface area contributed by atoms with Crippen LogP contribution in [0.25, 0.3) is 11.1 Å². The first-order valence-electron chi connectivity index (χ1n) is 11.0. The van der Waals surface area contributed by atoms with Crippen LogP contribution < -0.4 is 14.8 Å². The predicted octanol–water partition coefficient (Wildman–Crippen LogP) is 6.35. The molecule has 1 amide bonds. The second-order valence-electron chi connectivity index (χ2n) is 7.61. The summed E-state index contributed by atoms with van der Waals surface area (Å²) in [5.74, 6) is 1.46. The van der Waals surface area contributed by atoms with Gasteiger partial charge in [0.05, 0.1) is 27.0 Å². The van der Waals surface area contributed by atoms with Crippen LogP contribution >= 0.6 is 0 Å². The van der Waals surface area contributed by atoms with Crippen molar-refractivity contribution >= 4 is 23.2 Å². The number of carbonyl (C=O) groups excluding carboxylic acids is 1. The molecule has 0 unspecified atom stereocenters. The van der Waals surface area contributed by atoms with Crippen molar-refractivity contribution in [3.8, 4) is 22.6 Å². The van der Waals surface area contributed by atoms with Gasteiger partial charge in [-0.15, -0.1) is 0 Å². The van der Waals surface area contributed by atoms with Crippen LogP contribution in [0.5, 0.6) is 11.5 Å². The molecule has 1 N–H and O–H groups in total. The molecule has 0 atom stereocenters. The number of nitrogens with one attached hydrogen (secondary N) is 1. The second-order valence-corrected chi connectivity index (χ2v) is 7.61. The molecule has 6 heteroatoms. The minimum absolute atomic E-state index is 0.201. The maximum Gasteiger partial charge on any atom is 0.255 e. The smallest absolute Gasteiger partial charge is 0.255 e. The van der Waals surface area contributed by atoms with E-state index in [1.807, 2.05) is 84.9 Å². The Kier molecular flexibility index (Phi) is 7.43. The molecule has 0 bridgehead atoms. The third kappa shape index (κ3) is 5.50. The standard InChI is InChI=1S/C29H26N2O4/c1-33-26-18-22(14-16-24(26)30-28(32)20-10-6-4-7-11-20)23-15-17-25(27(19-23)34-2)31-29(35-3)21-12-8-5-9-13-21/h4-19H,1-3H3,(H,30,32). The molecule has 0 spiro atoms. The van der Waals surface area contributed by atoms with Gasteiger partial charge in [-0.3, -0.25) is 4.79 Å². The maximum atomic E-state index is 12.6. The Labute approximate surface area is 204 Å². The highest BCUT2D eigenvalue weighted by molar-refractivity contribution is 6.05. The molecule has 6 nitrogen and oxygen atoms in total.